The summed E-state index contributed by atoms with van der Waals surface area (Å²) >= 11 is 2.09. The average molecular weight is 289 g/mol. The van der Waals surface area contributed by atoms with Gasteiger partial charge in [0.05, 0.1) is 0 Å². The summed E-state index contributed by atoms with van der Waals surface area (Å²) in [6.07, 6.45) is 6.80. The Morgan fingerprint density at radius 3 is 2.60 bits per heavy atom. The van der Waals surface area contributed by atoms with Crippen LogP contribution in [-0.4, -0.2) is 29.8 Å². The van der Waals surface area contributed by atoms with E-state index in [1.807, 2.05) is 0 Å². The van der Waals surface area contributed by atoms with Crippen molar-refractivity contribution in [3.63, 3.8) is 0 Å². The summed E-state index contributed by atoms with van der Waals surface area (Å²) in [6, 6.07) is 9.73. The second-order valence-corrected chi connectivity index (χ2v) is 8.73. The molecule has 0 spiro atoms. The molecule has 110 valence electrons. The van der Waals surface area contributed by atoms with E-state index >= 15 is 0 Å². The summed E-state index contributed by atoms with van der Waals surface area (Å²) in [5.41, 5.74) is 2.14. The number of rotatable bonds is 3. The van der Waals surface area contributed by atoms with Gasteiger partial charge in [-0.05, 0) is 56.2 Å². The lowest BCUT2D eigenvalue weighted by Gasteiger charge is -2.39. The SMILES string of the molecule is CN(CC1Cc2ccccc2S1)C1CCC(C)(C)CC1. The standard InChI is InChI=1S/C18H27NS/c1-18(2)10-8-15(9-11-18)19(3)13-16-12-14-6-4-5-7-17(14)20-16/h4-7,15-16H,8-13H2,1-3H3. The molecule has 1 aromatic rings. The van der Waals surface area contributed by atoms with Crippen LogP contribution in [0.15, 0.2) is 29.2 Å². The van der Waals surface area contributed by atoms with Crippen molar-refractivity contribution in [3.05, 3.63) is 29.8 Å². The predicted octanol–water partition coefficient (Wildman–Crippen LogP) is 4.60. The highest BCUT2D eigenvalue weighted by Crippen LogP contribution is 2.39. The average Bonchev–Trinajstić information content (AvgIpc) is 2.80. The van der Waals surface area contributed by atoms with Crippen LogP contribution in [0.3, 0.4) is 0 Å². The molecule has 1 saturated carbocycles. The minimum absolute atomic E-state index is 0.579. The molecule has 1 aliphatic heterocycles. The van der Waals surface area contributed by atoms with Crippen LogP contribution in [0.1, 0.15) is 45.1 Å². The van der Waals surface area contributed by atoms with Gasteiger partial charge in [-0.2, -0.15) is 0 Å². The van der Waals surface area contributed by atoms with Crippen LogP contribution in [-0.2, 0) is 6.42 Å². The normalized spacial score (nSPS) is 25.9. The van der Waals surface area contributed by atoms with Gasteiger partial charge < -0.3 is 4.90 Å². The van der Waals surface area contributed by atoms with E-state index in [1.165, 1.54) is 43.5 Å². The summed E-state index contributed by atoms with van der Waals surface area (Å²) in [6.45, 7) is 6.09. The Morgan fingerprint density at radius 1 is 1.20 bits per heavy atom. The third kappa shape index (κ3) is 3.23. The van der Waals surface area contributed by atoms with Gasteiger partial charge >= 0.3 is 0 Å². The van der Waals surface area contributed by atoms with Crippen molar-refractivity contribution in [1.82, 2.24) is 4.90 Å². The molecular formula is C18H27NS. The Kier molecular flexibility index (Phi) is 4.14. The van der Waals surface area contributed by atoms with E-state index in [-0.39, 0.29) is 0 Å². The summed E-state index contributed by atoms with van der Waals surface area (Å²) in [5, 5.41) is 0.757. The maximum Gasteiger partial charge on any atom is 0.0263 e. The van der Waals surface area contributed by atoms with Crippen molar-refractivity contribution in [2.75, 3.05) is 13.6 Å². The fourth-order valence-electron chi connectivity index (χ4n) is 3.65. The van der Waals surface area contributed by atoms with Gasteiger partial charge in [0.1, 0.15) is 0 Å². The van der Waals surface area contributed by atoms with Crippen LogP contribution in [0.5, 0.6) is 0 Å². The Labute approximate surface area is 128 Å². The largest absolute Gasteiger partial charge is 0.302 e. The van der Waals surface area contributed by atoms with Gasteiger partial charge in [0, 0.05) is 22.7 Å². The molecular weight excluding hydrogens is 262 g/mol. The van der Waals surface area contributed by atoms with Crippen LogP contribution < -0.4 is 0 Å². The highest BCUT2D eigenvalue weighted by molar-refractivity contribution is 8.00. The van der Waals surface area contributed by atoms with Crippen LogP contribution in [0, 0.1) is 5.41 Å². The summed E-state index contributed by atoms with van der Waals surface area (Å²) in [7, 11) is 2.34. The molecule has 20 heavy (non-hydrogen) atoms. The van der Waals surface area contributed by atoms with Gasteiger partial charge in [-0.25, -0.2) is 0 Å². The van der Waals surface area contributed by atoms with Crippen molar-refractivity contribution in [2.24, 2.45) is 5.41 Å². The van der Waals surface area contributed by atoms with Crippen LogP contribution in [0.4, 0.5) is 0 Å². The second-order valence-electron chi connectivity index (χ2n) is 7.39. The van der Waals surface area contributed by atoms with Crippen molar-refractivity contribution in [3.8, 4) is 0 Å². The molecule has 3 rings (SSSR count). The number of hydrogen-bond donors (Lipinski definition) is 0. The lowest BCUT2D eigenvalue weighted by Crippen LogP contribution is -2.40. The zero-order valence-corrected chi connectivity index (χ0v) is 13.9. The quantitative estimate of drug-likeness (QED) is 0.800. The van der Waals surface area contributed by atoms with Gasteiger partial charge in [0.25, 0.3) is 0 Å². The van der Waals surface area contributed by atoms with E-state index in [0.717, 1.165) is 11.3 Å². The first kappa shape index (κ1) is 14.5. The van der Waals surface area contributed by atoms with Gasteiger partial charge in [-0.15, -0.1) is 11.8 Å². The Hall–Kier alpha value is -0.470. The zero-order valence-electron chi connectivity index (χ0n) is 13.1. The molecule has 0 saturated heterocycles. The highest BCUT2D eigenvalue weighted by atomic mass is 32.2. The van der Waals surface area contributed by atoms with Crippen LogP contribution in [0.2, 0.25) is 0 Å². The number of benzene rings is 1. The van der Waals surface area contributed by atoms with Gasteiger partial charge in [0.2, 0.25) is 0 Å². The third-order valence-electron chi connectivity index (χ3n) is 5.14. The molecule has 1 nitrogen and oxygen atoms in total. The molecule has 0 amide bonds. The van der Waals surface area contributed by atoms with Crippen LogP contribution in [0.25, 0.3) is 0 Å². The maximum absolute atomic E-state index is 2.64. The van der Waals surface area contributed by atoms with E-state index in [0.29, 0.717) is 5.41 Å². The molecule has 0 aromatic heterocycles. The first-order valence-corrected chi connectivity index (χ1v) is 8.86. The first-order valence-electron chi connectivity index (χ1n) is 7.98. The van der Waals surface area contributed by atoms with E-state index < -0.39 is 0 Å². The fourth-order valence-corrected chi connectivity index (χ4v) is 5.04. The van der Waals surface area contributed by atoms with Crippen LogP contribution >= 0.6 is 11.8 Å². The molecule has 1 fully saturated rings. The molecule has 2 heteroatoms. The molecule has 0 radical (unpaired) electrons. The first-order chi connectivity index (χ1) is 9.53. The Bertz CT molecular complexity index is 433. The Morgan fingerprint density at radius 2 is 1.90 bits per heavy atom. The lowest BCUT2D eigenvalue weighted by atomic mass is 9.75. The number of thioether (sulfide) groups is 1. The smallest absolute Gasteiger partial charge is 0.0263 e. The predicted molar refractivity (Wildman–Crippen MR) is 88.5 cm³/mol. The van der Waals surface area contributed by atoms with E-state index in [9.17, 15) is 0 Å². The Balaban J connectivity index is 1.52. The third-order valence-corrected chi connectivity index (χ3v) is 6.44. The van der Waals surface area contributed by atoms with Crippen molar-refractivity contribution in [2.45, 2.75) is 62.1 Å². The molecule has 1 aromatic carbocycles. The van der Waals surface area contributed by atoms with Crippen molar-refractivity contribution < 1.29 is 0 Å². The summed E-state index contributed by atoms with van der Waals surface area (Å²) in [5.74, 6) is 0. The zero-order chi connectivity index (χ0) is 14.2. The molecule has 1 heterocycles. The molecule has 1 unspecified atom stereocenters. The number of hydrogen-bond acceptors (Lipinski definition) is 2. The van der Waals surface area contributed by atoms with E-state index in [4.69, 9.17) is 0 Å². The van der Waals surface area contributed by atoms with Gasteiger partial charge in [-0.3, -0.25) is 0 Å². The maximum atomic E-state index is 2.64. The molecule has 1 aliphatic carbocycles. The molecule has 0 bridgehead atoms. The molecule has 2 aliphatic rings. The number of nitrogens with zero attached hydrogens (tertiary/aromatic N) is 1. The topological polar surface area (TPSA) is 3.24 Å². The highest BCUT2D eigenvalue weighted by Gasteiger charge is 2.30. The minimum Gasteiger partial charge on any atom is -0.302 e. The monoisotopic (exact) mass is 289 g/mol. The van der Waals surface area contributed by atoms with E-state index in [2.05, 4.69) is 61.8 Å². The lowest BCUT2D eigenvalue weighted by molar-refractivity contribution is 0.128. The number of fused-ring (bicyclic) bond motifs is 1. The van der Waals surface area contributed by atoms with Gasteiger partial charge in [0.15, 0.2) is 0 Å². The van der Waals surface area contributed by atoms with Crippen molar-refractivity contribution in [1.29, 1.82) is 0 Å². The molecule has 0 N–H and O–H groups in total. The van der Waals surface area contributed by atoms with E-state index in [1.54, 1.807) is 5.56 Å². The van der Waals surface area contributed by atoms with Gasteiger partial charge in [-0.1, -0.05) is 32.0 Å². The second kappa shape index (κ2) is 5.73. The minimum atomic E-state index is 0.579. The van der Waals surface area contributed by atoms with Crippen molar-refractivity contribution >= 4 is 11.8 Å². The summed E-state index contributed by atoms with van der Waals surface area (Å²) in [4.78, 5) is 4.15. The molecule has 1 atom stereocenters. The summed E-state index contributed by atoms with van der Waals surface area (Å²) < 4.78 is 0. The fraction of sp³-hybridized carbons (Fsp3) is 0.667.